The van der Waals surface area contributed by atoms with Crippen molar-refractivity contribution in [3.8, 4) is 0 Å². The molecule has 1 aromatic rings. The predicted octanol–water partition coefficient (Wildman–Crippen LogP) is 1.75. The first-order chi connectivity index (χ1) is 11.4. The fraction of sp³-hybridized carbons (Fsp3) is 0.688. The van der Waals surface area contributed by atoms with Crippen LogP contribution in [0.4, 0.5) is 0 Å². The standard InChI is InChI=1S/C16H25N3O3S2.ClH/c1-11-7-8-17-10-13(11)18-16(20)14-4-3-9-19(14)24(21,22)15-6-5-12(2)23-15;/h5-6,11,13-14,17H,3-4,7-10H2,1-2H3,(H,18,20);1H. The van der Waals surface area contributed by atoms with Gasteiger partial charge in [0, 0.05) is 24.0 Å². The number of sulfonamides is 1. The lowest BCUT2D eigenvalue weighted by atomic mass is 9.94. The molecule has 3 heterocycles. The molecule has 0 radical (unpaired) electrons. The lowest BCUT2D eigenvalue weighted by Crippen LogP contribution is -2.55. The number of nitrogens with zero attached hydrogens (tertiary/aromatic N) is 1. The molecule has 1 aromatic heterocycles. The second kappa shape index (κ2) is 8.35. The van der Waals surface area contributed by atoms with E-state index in [4.69, 9.17) is 0 Å². The number of carbonyl (C=O) groups excluding carboxylic acids is 1. The van der Waals surface area contributed by atoms with Crippen molar-refractivity contribution in [1.82, 2.24) is 14.9 Å². The smallest absolute Gasteiger partial charge is 0.253 e. The minimum atomic E-state index is -3.59. The summed E-state index contributed by atoms with van der Waals surface area (Å²) < 4.78 is 27.4. The number of piperidine rings is 1. The Labute approximate surface area is 159 Å². The summed E-state index contributed by atoms with van der Waals surface area (Å²) in [4.78, 5) is 13.7. The third kappa shape index (κ3) is 4.36. The lowest BCUT2D eigenvalue weighted by Gasteiger charge is -2.32. The van der Waals surface area contributed by atoms with Crippen molar-refractivity contribution < 1.29 is 13.2 Å². The fourth-order valence-corrected chi connectivity index (χ4v) is 6.49. The van der Waals surface area contributed by atoms with Crippen molar-refractivity contribution in [2.45, 2.75) is 49.4 Å². The number of amides is 1. The Morgan fingerprint density at radius 2 is 2.12 bits per heavy atom. The van der Waals surface area contributed by atoms with Crippen LogP contribution >= 0.6 is 23.7 Å². The van der Waals surface area contributed by atoms with Gasteiger partial charge >= 0.3 is 0 Å². The summed E-state index contributed by atoms with van der Waals surface area (Å²) in [5.74, 6) is 0.242. The first kappa shape index (κ1) is 20.6. The maximum atomic E-state index is 12.9. The van der Waals surface area contributed by atoms with E-state index in [0.717, 1.165) is 30.8 Å². The Kier molecular flexibility index (Phi) is 6.89. The van der Waals surface area contributed by atoms with Gasteiger partial charge in [-0.25, -0.2) is 8.42 Å². The predicted molar refractivity (Wildman–Crippen MR) is 102 cm³/mol. The van der Waals surface area contributed by atoms with Crippen molar-refractivity contribution in [3.63, 3.8) is 0 Å². The molecular weight excluding hydrogens is 382 g/mol. The number of aryl methyl sites for hydroxylation is 1. The van der Waals surface area contributed by atoms with Gasteiger partial charge in [-0.05, 0) is 50.8 Å². The maximum Gasteiger partial charge on any atom is 0.253 e. The van der Waals surface area contributed by atoms with Crippen LogP contribution in [-0.4, -0.2) is 50.3 Å². The summed E-state index contributed by atoms with van der Waals surface area (Å²) in [5.41, 5.74) is 0. The monoisotopic (exact) mass is 407 g/mol. The number of nitrogens with one attached hydrogen (secondary N) is 2. The quantitative estimate of drug-likeness (QED) is 0.796. The highest BCUT2D eigenvalue weighted by Gasteiger charge is 2.40. The van der Waals surface area contributed by atoms with Gasteiger partial charge in [0.2, 0.25) is 5.91 Å². The lowest BCUT2D eigenvalue weighted by molar-refractivity contribution is -0.125. The summed E-state index contributed by atoms with van der Waals surface area (Å²) >= 11 is 1.26. The first-order valence-corrected chi connectivity index (χ1v) is 10.7. The maximum absolute atomic E-state index is 12.9. The molecule has 2 aliphatic heterocycles. The van der Waals surface area contributed by atoms with Crippen LogP contribution in [0.15, 0.2) is 16.3 Å². The van der Waals surface area contributed by atoms with Gasteiger partial charge in [-0.1, -0.05) is 6.92 Å². The molecule has 3 unspecified atom stereocenters. The number of hydrogen-bond acceptors (Lipinski definition) is 5. The van der Waals surface area contributed by atoms with Gasteiger partial charge in [0.25, 0.3) is 10.0 Å². The number of thiophene rings is 1. The zero-order valence-electron chi connectivity index (χ0n) is 14.5. The Balaban J connectivity index is 0.00000225. The molecule has 0 aliphatic carbocycles. The van der Waals surface area contributed by atoms with Gasteiger partial charge in [0.1, 0.15) is 10.3 Å². The SMILES string of the molecule is Cc1ccc(S(=O)(=O)N2CCCC2C(=O)NC2CNCCC2C)s1.Cl. The molecule has 3 atom stereocenters. The normalized spacial score (nSPS) is 27.7. The van der Waals surface area contributed by atoms with Crippen molar-refractivity contribution in [2.75, 3.05) is 19.6 Å². The van der Waals surface area contributed by atoms with Crippen molar-refractivity contribution >= 4 is 39.7 Å². The minimum absolute atomic E-state index is 0. The first-order valence-electron chi connectivity index (χ1n) is 8.49. The summed E-state index contributed by atoms with van der Waals surface area (Å²) in [6.07, 6.45) is 2.33. The van der Waals surface area contributed by atoms with Gasteiger partial charge in [0.15, 0.2) is 0 Å². The van der Waals surface area contributed by atoms with Gasteiger partial charge in [-0.3, -0.25) is 4.79 Å². The Hall–Kier alpha value is -0.670. The molecular formula is C16H26ClN3O3S2. The molecule has 0 aromatic carbocycles. The zero-order chi connectivity index (χ0) is 17.3. The molecule has 2 saturated heterocycles. The Morgan fingerprint density at radius 3 is 2.76 bits per heavy atom. The van der Waals surface area contributed by atoms with Gasteiger partial charge in [0.05, 0.1) is 0 Å². The summed E-state index contributed by atoms with van der Waals surface area (Å²) in [6, 6.07) is 2.92. The van der Waals surface area contributed by atoms with Crippen molar-refractivity contribution in [1.29, 1.82) is 0 Å². The fourth-order valence-electron chi connectivity index (χ4n) is 3.42. The van der Waals surface area contributed by atoms with E-state index in [0.29, 0.717) is 23.1 Å². The topological polar surface area (TPSA) is 78.5 Å². The third-order valence-electron chi connectivity index (χ3n) is 4.94. The zero-order valence-corrected chi connectivity index (χ0v) is 17.0. The van der Waals surface area contributed by atoms with E-state index in [1.165, 1.54) is 15.6 Å². The van der Waals surface area contributed by atoms with Crippen LogP contribution in [0.25, 0.3) is 0 Å². The van der Waals surface area contributed by atoms with Gasteiger partial charge in [-0.2, -0.15) is 4.31 Å². The number of halogens is 1. The van der Waals surface area contributed by atoms with E-state index < -0.39 is 16.1 Å². The molecule has 6 nitrogen and oxygen atoms in total. The van der Waals surface area contributed by atoms with Crippen molar-refractivity contribution in [3.05, 3.63) is 17.0 Å². The van der Waals surface area contributed by atoms with E-state index in [-0.39, 0.29) is 24.4 Å². The highest BCUT2D eigenvalue weighted by atomic mass is 35.5. The number of carbonyl (C=O) groups is 1. The molecule has 0 bridgehead atoms. The van der Waals surface area contributed by atoms with E-state index >= 15 is 0 Å². The highest BCUT2D eigenvalue weighted by Crippen LogP contribution is 2.30. The second-order valence-electron chi connectivity index (χ2n) is 6.72. The van der Waals surface area contributed by atoms with Crippen LogP contribution in [0.5, 0.6) is 0 Å². The molecule has 25 heavy (non-hydrogen) atoms. The molecule has 2 fully saturated rings. The van der Waals surface area contributed by atoms with Crippen LogP contribution in [0.3, 0.4) is 0 Å². The van der Waals surface area contributed by atoms with E-state index in [1.807, 2.05) is 6.92 Å². The minimum Gasteiger partial charge on any atom is -0.350 e. The van der Waals surface area contributed by atoms with E-state index in [2.05, 4.69) is 17.6 Å². The number of rotatable bonds is 4. The highest BCUT2D eigenvalue weighted by molar-refractivity contribution is 7.91. The van der Waals surface area contributed by atoms with Crippen LogP contribution in [0.2, 0.25) is 0 Å². The molecule has 0 saturated carbocycles. The molecule has 2 N–H and O–H groups in total. The van der Waals surface area contributed by atoms with E-state index in [1.54, 1.807) is 12.1 Å². The average Bonchev–Trinajstić information content (AvgIpc) is 3.18. The van der Waals surface area contributed by atoms with Crippen LogP contribution in [0, 0.1) is 12.8 Å². The van der Waals surface area contributed by atoms with Crippen LogP contribution < -0.4 is 10.6 Å². The number of hydrogen-bond donors (Lipinski definition) is 2. The molecule has 0 spiro atoms. The van der Waals surface area contributed by atoms with Gasteiger partial charge < -0.3 is 10.6 Å². The largest absolute Gasteiger partial charge is 0.350 e. The van der Waals surface area contributed by atoms with Gasteiger partial charge in [-0.15, -0.1) is 23.7 Å². The molecule has 1 amide bonds. The molecule has 9 heteroatoms. The second-order valence-corrected chi connectivity index (χ2v) is 10.1. The summed E-state index contributed by atoms with van der Waals surface area (Å²) in [7, 11) is -3.59. The summed E-state index contributed by atoms with van der Waals surface area (Å²) in [5, 5.41) is 6.35. The summed E-state index contributed by atoms with van der Waals surface area (Å²) in [6.45, 7) is 6.14. The third-order valence-corrected chi connectivity index (χ3v) is 8.32. The van der Waals surface area contributed by atoms with E-state index in [9.17, 15) is 13.2 Å². The molecule has 3 rings (SSSR count). The molecule has 142 valence electrons. The van der Waals surface area contributed by atoms with Crippen LogP contribution in [-0.2, 0) is 14.8 Å². The van der Waals surface area contributed by atoms with Crippen molar-refractivity contribution in [2.24, 2.45) is 5.92 Å². The Morgan fingerprint density at radius 1 is 1.36 bits per heavy atom. The molecule has 2 aliphatic rings. The average molecular weight is 408 g/mol. The van der Waals surface area contributed by atoms with Crippen LogP contribution in [0.1, 0.15) is 31.1 Å². The Bertz CT molecular complexity index is 707.